The molecular weight excluding hydrogens is 262 g/mol. The van der Waals surface area contributed by atoms with Gasteiger partial charge in [0, 0.05) is 25.0 Å². The van der Waals surface area contributed by atoms with E-state index in [2.05, 4.69) is 18.7 Å². The van der Waals surface area contributed by atoms with Crippen LogP contribution in [0.1, 0.15) is 20.8 Å². The van der Waals surface area contributed by atoms with E-state index in [1.807, 2.05) is 31.2 Å². The average molecular weight is 286 g/mol. The van der Waals surface area contributed by atoms with Crippen molar-refractivity contribution in [1.29, 1.82) is 0 Å². The van der Waals surface area contributed by atoms with E-state index >= 15 is 0 Å². The molecule has 0 unspecified atom stereocenters. The minimum absolute atomic E-state index is 0.476. The van der Waals surface area contributed by atoms with Gasteiger partial charge in [-0.05, 0) is 32.9 Å². The maximum absolute atomic E-state index is 5.81. The van der Waals surface area contributed by atoms with Gasteiger partial charge in [0.05, 0.1) is 6.61 Å². The summed E-state index contributed by atoms with van der Waals surface area (Å²) >= 11 is 5.80. The summed E-state index contributed by atoms with van der Waals surface area (Å²) in [7, 11) is 0. The van der Waals surface area contributed by atoms with Crippen molar-refractivity contribution in [1.82, 2.24) is 4.90 Å². The minimum Gasteiger partial charge on any atom is -0.490 e. The van der Waals surface area contributed by atoms with Gasteiger partial charge in [0.2, 0.25) is 0 Å². The van der Waals surface area contributed by atoms with Crippen LogP contribution in [-0.4, -0.2) is 43.1 Å². The first-order valence-electron chi connectivity index (χ1n) is 6.83. The van der Waals surface area contributed by atoms with Crippen molar-refractivity contribution in [2.24, 2.45) is 0 Å². The van der Waals surface area contributed by atoms with Crippen LogP contribution in [-0.2, 0) is 0 Å². The van der Waals surface area contributed by atoms with Gasteiger partial charge in [0.15, 0.2) is 11.5 Å². The molecule has 0 aliphatic carbocycles. The van der Waals surface area contributed by atoms with Crippen LogP contribution >= 0.6 is 11.6 Å². The number of halogens is 1. The van der Waals surface area contributed by atoms with Crippen molar-refractivity contribution in [2.45, 2.75) is 26.8 Å². The fraction of sp³-hybridized carbons (Fsp3) is 0.600. The van der Waals surface area contributed by atoms with E-state index in [9.17, 15) is 0 Å². The summed E-state index contributed by atoms with van der Waals surface area (Å²) in [6.07, 6.45) is 0. The first-order valence-corrected chi connectivity index (χ1v) is 7.37. The topological polar surface area (TPSA) is 21.7 Å². The molecule has 0 aromatic heterocycles. The Morgan fingerprint density at radius 1 is 1.11 bits per heavy atom. The van der Waals surface area contributed by atoms with Gasteiger partial charge in [-0.2, -0.15) is 0 Å². The molecule has 0 saturated carbocycles. The van der Waals surface area contributed by atoms with E-state index in [0.29, 0.717) is 25.1 Å². The average Bonchev–Trinajstić information content (AvgIpc) is 2.40. The van der Waals surface area contributed by atoms with Crippen LogP contribution in [0, 0.1) is 0 Å². The number of nitrogens with zero attached hydrogens (tertiary/aromatic N) is 1. The van der Waals surface area contributed by atoms with Crippen LogP contribution in [0.5, 0.6) is 11.5 Å². The number of benzene rings is 1. The molecule has 0 bridgehead atoms. The summed E-state index contributed by atoms with van der Waals surface area (Å²) in [6.45, 7) is 9.34. The summed E-state index contributed by atoms with van der Waals surface area (Å²) in [4.78, 5) is 2.30. The predicted molar refractivity (Wildman–Crippen MR) is 80.5 cm³/mol. The van der Waals surface area contributed by atoms with Crippen LogP contribution in [0.2, 0.25) is 0 Å². The lowest BCUT2D eigenvalue weighted by atomic mass is 10.3. The number of rotatable bonds is 9. The van der Waals surface area contributed by atoms with E-state index in [4.69, 9.17) is 21.1 Å². The maximum atomic E-state index is 5.81. The molecule has 4 heteroatoms. The molecule has 108 valence electrons. The molecule has 0 spiro atoms. The quantitative estimate of drug-likeness (QED) is 0.649. The molecule has 0 N–H and O–H groups in total. The third-order valence-corrected chi connectivity index (χ3v) is 3.06. The second-order valence-corrected chi connectivity index (χ2v) is 4.92. The van der Waals surface area contributed by atoms with Gasteiger partial charge < -0.3 is 9.47 Å². The fourth-order valence-corrected chi connectivity index (χ4v) is 2.07. The first kappa shape index (κ1) is 16.1. The van der Waals surface area contributed by atoms with Gasteiger partial charge in [-0.1, -0.05) is 12.1 Å². The molecule has 1 rings (SSSR count). The largest absolute Gasteiger partial charge is 0.490 e. The Morgan fingerprint density at radius 2 is 1.74 bits per heavy atom. The predicted octanol–water partition coefficient (Wildman–Crippen LogP) is 3.41. The Kier molecular flexibility index (Phi) is 7.68. The SMILES string of the molecule is CCOc1ccccc1OCCN(CCCl)C(C)C. The first-order chi connectivity index (χ1) is 9.19. The van der Waals surface area contributed by atoms with Crippen molar-refractivity contribution >= 4 is 11.6 Å². The van der Waals surface area contributed by atoms with Crippen LogP contribution in [0.15, 0.2) is 24.3 Å². The van der Waals surface area contributed by atoms with Crippen LogP contribution < -0.4 is 9.47 Å². The zero-order valence-corrected chi connectivity index (χ0v) is 12.8. The molecule has 19 heavy (non-hydrogen) atoms. The highest BCUT2D eigenvalue weighted by molar-refractivity contribution is 6.18. The molecule has 0 amide bonds. The van der Waals surface area contributed by atoms with E-state index < -0.39 is 0 Å². The van der Waals surface area contributed by atoms with E-state index in [0.717, 1.165) is 24.6 Å². The molecule has 1 aromatic rings. The van der Waals surface area contributed by atoms with Crippen molar-refractivity contribution in [3.8, 4) is 11.5 Å². The summed E-state index contributed by atoms with van der Waals surface area (Å²) in [5, 5.41) is 0. The molecule has 3 nitrogen and oxygen atoms in total. The van der Waals surface area contributed by atoms with Gasteiger partial charge in [0.1, 0.15) is 6.61 Å². The van der Waals surface area contributed by atoms with E-state index in [1.165, 1.54) is 0 Å². The minimum atomic E-state index is 0.476. The Labute approximate surface area is 121 Å². The summed E-state index contributed by atoms with van der Waals surface area (Å²) < 4.78 is 11.3. The van der Waals surface area contributed by atoms with Crippen molar-refractivity contribution in [3.05, 3.63) is 24.3 Å². The van der Waals surface area contributed by atoms with E-state index in [1.54, 1.807) is 0 Å². The van der Waals surface area contributed by atoms with Crippen molar-refractivity contribution in [3.63, 3.8) is 0 Å². The monoisotopic (exact) mass is 285 g/mol. The third-order valence-electron chi connectivity index (χ3n) is 2.89. The lowest BCUT2D eigenvalue weighted by Gasteiger charge is -2.25. The van der Waals surface area contributed by atoms with Gasteiger partial charge in [-0.25, -0.2) is 0 Å². The van der Waals surface area contributed by atoms with Crippen LogP contribution in [0.3, 0.4) is 0 Å². The molecule has 0 aliphatic heterocycles. The molecule has 0 radical (unpaired) electrons. The lowest BCUT2D eigenvalue weighted by Crippen LogP contribution is -2.36. The summed E-state index contributed by atoms with van der Waals surface area (Å²) in [5.74, 6) is 2.26. The highest BCUT2D eigenvalue weighted by Crippen LogP contribution is 2.26. The Morgan fingerprint density at radius 3 is 2.26 bits per heavy atom. The highest BCUT2D eigenvalue weighted by Gasteiger charge is 2.09. The van der Waals surface area contributed by atoms with Crippen molar-refractivity contribution in [2.75, 3.05) is 32.2 Å². The molecule has 0 saturated heterocycles. The number of hydrogen-bond donors (Lipinski definition) is 0. The van der Waals surface area contributed by atoms with Gasteiger partial charge in [0.25, 0.3) is 0 Å². The molecule has 0 fully saturated rings. The second-order valence-electron chi connectivity index (χ2n) is 4.55. The standard InChI is InChI=1S/C15H24ClNO2/c1-4-18-14-7-5-6-8-15(14)19-12-11-17(10-9-16)13(2)3/h5-8,13H,4,9-12H2,1-3H3. The molecule has 0 atom stereocenters. The van der Waals surface area contributed by atoms with Gasteiger partial charge in [-0.15, -0.1) is 11.6 Å². The number of para-hydroxylation sites is 2. The van der Waals surface area contributed by atoms with Crippen LogP contribution in [0.4, 0.5) is 0 Å². The number of alkyl halides is 1. The fourth-order valence-electron chi connectivity index (χ4n) is 1.85. The van der Waals surface area contributed by atoms with Crippen LogP contribution in [0.25, 0.3) is 0 Å². The molecule has 0 aliphatic rings. The Balaban J connectivity index is 2.47. The maximum Gasteiger partial charge on any atom is 0.161 e. The third kappa shape index (κ3) is 5.70. The molecular formula is C15H24ClNO2. The van der Waals surface area contributed by atoms with Gasteiger partial charge in [-0.3, -0.25) is 4.90 Å². The highest BCUT2D eigenvalue weighted by atomic mass is 35.5. The Hall–Kier alpha value is -0.930. The lowest BCUT2D eigenvalue weighted by molar-refractivity contribution is 0.180. The summed E-state index contributed by atoms with van der Waals surface area (Å²) in [5.41, 5.74) is 0. The van der Waals surface area contributed by atoms with E-state index in [-0.39, 0.29) is 0 Å². The van der Waals surface area contributed by atoms with Gasteiger partial charge >= 0.3 is 0 Å². The smallest absolute Gasteiger partial charge is 0.161 e. The molecule has 0 heterocycles. The number of ether oxygens (including phenoxy) is 2. The molecule has 1 aromatic carbocycles. The summed E-state index contributed by atoms with van der Waals surface area (Å²) in [6, 6.07) is 8.25. The Bertz CT molecular complexity index is 358. The second kappa shape index (κ2) is 9.05. The van der Waals surface area contributed by atoms with Crippen molar-refractivity contribution < 1.29 is 9.47 Å². The number of hydrogen-bond acceptors (Lipinski definition) is 3. The zero-order valence-electron chi connectivity index (χ0n) is 12.1. The zero-order chi connectivity index (χ0) is 14.1. The normalized spacial score (nSPS) is 11.1.